The van der Waals surface area contributed by atoms with E-state index >= 15 is 0 Å². The van der Waals surface area contributed by atoms with Crippen LogP contribution in [0.4, 0.5) is 0 Å². The van der Waals surface area contributed by atoms with Gasteiger partial charge in [0.15, 0.2) is 11.5 Å². The molecule has 1 saturated heterocycles. The molecule has 0 bridgehead atoms. The predicted octanol–water partition coefficient (Wildman–Crippen LogP) is 6.24. The van der Waals surface area contributed by atoms with Gasteiger partial charge in [0.1, 0.15) is 0 Å². The number of aryl methyl sites for hydroxylation is 1. The summed E-state index contributed by atoms with van der Waals surface area (Å²) in [5, 5.41) is 0. The van der Waals surface area contributed by atoms with Crippen molar-refractivity contribution in [2.24, 2.45) is 5.92 Å². The van der Waals surface area contributed by atoms with Crippen molar-refractivity contribution >= 4 is 23.5 Å². The summed E-state index contributed by atoms with van der Waals surface area (Å²) >= 11 is 4.32. The van der Waals surface area contributed by atoms with Crippen LogP contribution in [0, 0.1) is 12.8 Å². The Morgan fingerprint density at radius 3 is 2.32 bits per heavy atom. The highest BCUT2D eigenvalue weighted by Crippen LogP contribution is 2.54. The summed E-state index contributed by atoms with van der Waals surface area (Å²) in [5.41, 5.74) is 4.12. The van der Waals surface area contributed by atoms with Gasteiger partial charge in [-0.15, -0.1) is 23.5 Å². The van der Waals surface area contributed by atoms with Crippen LogP contribution in [0.1, 0.15) is 36.5 Å². The molecule has 5 heteroatoms. The van der Waals surface area contributed by atoms with E-state index in [1.165, 1.54) is 41.0 Å². The maximum absolute atomic E-state index is 5.45. The number of hydrogen-bond acceptors (Lipinski definition) is 5. The fourth-order valence-corrected chi connectivity index (χ4v) is 7.95. The van der Waals surface area contributed by atoms with E-state index in [0.29, 0.717) is 5.92 Å². The third-order valence-electron chi connectivity index (χ3n) is 5.92. The first kappa shape index (κ1) is 24.3. The summed E-state index contributed by atoms with van der Waals surface area (Å²) < 4.78 is 11.0. The Hall–Kier alpha value is -1.30. The van der Waals surface area contributed by atoms with Gasteiger partial charge in [0.05, 0.1) is 18.3 Å². The maximum Gasteiger partial charge on any atom is 0.160 e. The quantitative estimate of drug-likeness (QED) is 0.418. The van der Waals surface area contributed by atoms with Crippen LogP contribution < -0.4 is 9.47 Å². The monoisotopic (exact) mass is 459 g/mol. The fourth-order valence-electron chi connectivity index (χ4n) is 4.29. The Morgan fingerprint density at radius 1 is 1.00 bits per heavy atom. The first-order valence-corrected chi connectivity index (χ1v) is 13.2. The first-order valence-electron chi connectivity index (χ1n) is 11.2. The van der Waals surface area contributed by atoms with E-state index in [0.717, 1.165) is 31.0 Å². The minimum atomic E-state index is 0.204. The van der Waals surface area contributed by atoms with Gasteiger partial charge in [0.25, 0.3) is 0 Å². The summed E-state index contributed by atoms with van der Waals surface area (Å²) in [5.74, 6) is 4.76. The highest BCUT2D eigenvalue weighted by Gasteiger charge is 2.37. The van der Waals surface area contributed by atoms with Crippen molar-refractivity contribution in [3.05, 3.63) is 59.2 Å². The van der Waals surface area contributed by atoms with Gasteiger partial charge in [0.2, 0.25) is 0 Å². The third kappa shape index (κ3) is 6.59. The van der Waals surface area contributed by atoms with Crippen LogP contribution in [0.15, 0.2) is 42.5 Å². The number of thioether (sulfide) groups is 2. The van der Waals surface area contributed by atoms with Crippen LogP contribution in [0.2, 0.25) is 0 Å². The second kappa shape index (κ2) is 11.5. The molecule has 170 valence electrons. The lowest BCUT2D eigenvalue weighted by Gasteiger charge is -2.39. The van der Waals surface area contributed by atoms with E-state index in [1.54, 1.807) is 14.2 Å². The van der Waals surface area contributed by atoms with Gasteiger partial charge >= 0.3 is 0 Å². The van der Waals surface area contributed by atoms with Crippen LogP contribution in [0.3, 0.4) is 0 Å². The molecule has 31 heavy (non-hydrogen) atoms. The van der Waals surface area contributed by atoms with Crippen molar-refractivity contribution in [1.29, 1.82) is 0 Å². The van der Waals surface area contributed by atoms with Gasteiger partial charge in [-0.3, -0.25) is 0 Å². The van der Waals surface area contributed by atoms with Crippen molar-refractivity contribution in [2.45, 2.75) is 37.2 Å². The van der Waals surface area contributed by atoms with Crippen molar-refractivity contribution < 1.29 is 9.47 Å². The number of ether oxygens (including phenoxy) is 2. The lowest BCUT2D eigenvalue weighted by atomic mass is 9.98. The zero-order chi connectivity index (χ0) is 22.3. The number of methoxy groups -OCH3 is 2. The van der Waals surface area contributed by atoms with Gasteiger partial charge < -0.3 is 14.4 Å². The van der Waals surface area contributed by atoms with Gasteiger partial charge in [-0.05, 0) is 73.9 Å². The van der Waals surface area contributed by atoms with Gasteiger partial charge in [-0.1, -0.05) is 42.8 Å². The molecule has 3 rings (SSSR count). The lowest BCUT2D eigenvalue weighted by Crippen LogP contribution is -2.32. The molecule has 0 amide bonds. The fraction of sp³-hybridized carbons (Fsp3) is 0.538. The molecule has 2 aromatic rings. The summed E-state index contributed by atoms with van der Waals surface area (Å²) in [6.45, 7) is 6.74. The molecule has 0 saturated carbocycles. The third-order valence-corrected chi connectivity index (χ3v) is 9.35. The van der Waals surface area contributed by atoms with Crippen molar-refractivity contribution in [3.63, 3.8) is 0 Å². The van der Waals surface area contributed by atoms with Gasteiger partial charge in [-0.2, -0.15) is 0 Å². The molecule has 1 fully saturated rings. The van der Waals surface area contributed by atoms with E-state index in [2.05, 4.69) is 85.7 Å². The largest absolute Gasteiger partial charge is 0.493 e. The molecule has 0 radical (unpaired) electrons. The lowest BCUT2D eigenvalue weighted by molar-refractivity contribution is 0.277. The standard InChI is InChI=1S/C26H37NO2S2/c1-20-7-10-23(11-8-20)26(30-15-6-16-31-26)18-21(2)19-27(3)14-13-22-9-12-24(28-4)25(17-22)29-5/h7-12,17,21H,6,13-16,18-19H2,1-5H3. The van der Waals surface area contributed by atoms with Crippen LogP contribution in [0.25, 0.3) is 0 Å². The number of rotatable bonds is 10. The first-order chi connectivity index (χ1) is 15.0. The van der Waals surface area contributed by atoms with Crippen molar-refractivity contribution in [2.75, 3.05) is 45.9 Å². The van der Waals surface area contributed by atoms with E-state index < -0.39 is 0 Å². The molecule has 1 heterocycles. The molecule has 1 aliphatic rings. The molecule has 0 aliphatic carbocycles. The van der Waals surface area contributed by atoms with Gasteiger partial charge in [0, 0.05) is 13.1 Å². The Kier molecular flexibility index (Phi) is 9.06. The maximum atomic E-state index is 5.45. The van der Waals surface area contributed by atoms with E-state index in [4.69, 9.17) is 9.47 Å². The zero-order valence-electron chi connectivity index (χ0n) is 19.6. The Labute approximate surface area is 197 Å². The number of hydrogen-bond donors (Lipinski definition) is 0. The van der Waals surface area contributed by atoms with Crippen LogP contribution in [-0.4, -0.2) is 50.8 Å². The topological polar surface area (TPSA) is 21.7 Å². The Bertz CT molecular complexity index is 819. The summed E-state index contributed by atoms with van der Waals surface area (Å²) in [6, 6.07) is 15.5. The summed E-state index contributed by atoms with van der Waals surface area (Å²) in [4.78, 5) is 2.47. The normalized spacial score (nSPS) is 16.8. The highest BCUT2D eigenvalue weighted by molar-refractivity contribution is 8.18. The SMILES string of the molecule is COc1ccc(CCN(C)CC(C)CC2(c3ccc(C)cc3)SCCCS2)cc1OC. The minimum Gasteiger partial charge on any atom is -0.493 e. The van der Waals surface area contributed by atoms with Gasteiger partial charge in [-0.25, -0.2) is 0 Å². The molecule has 1 atom stereocenters. The number of benzene rings is 2. The van der Waals surface area contributed by atoms with E-state index in [9.17, 15) is 0 Å². The van der Waals surface area contributed by atoms with Crippen LogP contribution in [-0.2, 0) is 10.5 Å². The molecular weight excluding hydrogens is 422 g/mol. The predicted molar refractivity (Wildman–Crippen MR) is 137 cm³/mol. The molecule has 1 unspecified atom stereocenters. The van der Waals surface area contributed by atoms with Crippen LogP contribution in [0.5, 0.6) is 11.5 Å². The Balaban J connectivity index is 1.58. The number of likely N-dealkylation sites (N-methyl/N-ethyl adjacent to an activating group) is 1. The average Bonchev–Trinajstić information content (AvgIpc) is 2.78. The molecule has 0 spiro atoms. The second-order valence-corrected chi connectivity index (χ2v) is 11.7. The second-order valence-electron chi connectivity index (χ2n) is 8.68. The van der Waals surface area contributed by atoms with E-state index in [1.807, 2.05) is 6.07 Å². The molecule has 0 N–H and O–H groups in total. The Morgan fingerprint density at radius 2 is 1.68 bits per heavy atom. The average molecular weight is 460 g/mol. The molecular formula is C26H37NO2S2. The molecule has 3 nitrogen and oxygen atoms in total. The minimum absolute atomic E-state index is 0.204. The number of nitrogens with zero attached hydrogens (tertiary/aromatic N) is 1. The van der Waals surface area contributed by atoms with Crippen molar-refractivity contribution in [3.8, 4) is 11.5 Å². The smallest absolute Gasteiger partial charge is 0.160 e. The molecule has 2 aromatic carbocycles. The zero-order valence-corrected chi connectivity index (χ0v) is 21.3. The molecule has 1 aliphatic heterocycles. The molecule has 0 aromatic heterocycles. The van der Waals surface area contributed by atoms with Crippen molar-refractivity contribution in [1.82, 2.24) is 4.90 Å². The summed E-state index contributed by atoms with van der Waals surface area (Å²) in [7, 11) is 5.62. The highest BCUT2D eigenvalue weighted by atomic mass is 32.2. The van der Waals surface area contributed by atoms with Crippen LogP contribution >= 0.6 is 23.5 Å². The summed E-state index contributed by atoms with van der Waals surface area (Å²) in [6.07, 6.45) is 3.55. The van der Waals surface area contributed by atoms with E-state index in [-0.39, 0.29) is 4.08 Å².